The van der Waals surface area contributed by atoms with Crippen LogP contribution in [0.4, 0.5) is 10.5 Å². The molecule has 0 saturated carbocycles. The van der Waals surface area contributed by atoms with Crippen LogP contribution >= 0.6 is 0 Å². The first kappa shape index (κ1) is 22.8. The first-order chi connectivity index (χ1) is 15.4. The van der Waals surface area contributed by atoms with Crippen LogP contribution < -0.4 is 16.0 Å². The van der Waals surface area contributed by atoms with E-state index in [0.717, 1.165) is 5.56 Å². The van der Waals surface area contributed by atoms with Gasteiger partial charge in [0.1, 0.15) is 5.76 Å². The Kier molecular flexibility index (Phi) is 7.77. The summed E-state index contributed by atoms with van der Waals surface area (Å²) >= 11 is 0. The molecular formula is C24H26N4O4. The highest BCUT2D eigenvalue weighted by atomic mass is 16.3. The van der Waals surface area contributed by atoms with Gasteiger partial charge in [-0.1, -0.05) is 30.3 Å². The van der Waals surface area contributed by atoms with Gasteiger partial charge in [-0.05, 0) is 55.9 Å². The minimum Gasteiger partial charge on any atom is -0.467 e. The number of imide groups is 1. The van der Waals surface area contributed by atoms with E-state index in [0.29, 0.717) is 17.0 Å². The molecule has 8 nitrogen and oxygen atoms in total. The highest BCUT2D eigenvalue weighted by Crippen LogP contribution is 2.22. The highest BCUT2D eigenvalue weighted by Gasteiger charge is 2.17. The van der Waals surface area contributed by atoms with E-state index < -0.39 is 11.9 Å². The van der Waals surface area contributed by atoms with Crippen LogP contribution in [0.15, 0.2) is 77.4 Å². The lowest BCUT2D eigenvalue weighted by Gasteiger charge is -2.24. The molecule has 0 bridgehead atoms. The predicted molar refractivity (Wildman–Crippen MR) is 121 cm³/mol. The molecule has 1 unspecified atom stereocenters. The van der Waals surface area contributed by atoms with Crippen LogP contribution in [0.3, 0.4) is 0 Å². The van der Waals surface area contributed by atoms with E-state index >= 15 is 0 Å². The van der Waals surface area contributed by atoms with Gasteiger partial charge in [-0.15, -0.1) is 0 Å². The molecule has 0 aliphatic rings. The minimum atomic E-state index is -0.585. The van der Waals surface area contributed by atoms with Gasteiger partial charge in [0.25, 0.3) is 5.91 Å². The zero-order chi connectivity index (χ0) is 22.9. The number of likely N-dealkylation sites (N-methyl/N-ethyl adjacent to an activating group) is 1. The van der Waals surface area contributed by atoms with Crippen molar-refractivity contribution >= 4 is 23.5 Å². The molecule has 166 valence electrons. The monoisotopic (exact) mass is 434 g/mol. The van der Waals surface area contributed by atoms with Gasteiger partial charge in [0.05, 0.1) is 19.4 Å². The maximum absolute atomic E-state index is 12.4. The van der Waals surface area contributed by atoms with Crippen molar-refractivity contribution in [2.24, 2.45) is 0 Å². The smallest absolute Gasteiger partial charge is 0.321 e. The van der Waals surface area contributed by atoms with Crippen LogP contribution in [-0.4, -0.2) is 36.3 Å². The summed E-state index contributed by atoms with van der Waals surface area (Å²) in [6.45, 7) is 2.16. The van der Waals surface area contributed by atoms with Crippen molar-refractivity contribution in [2.75, 3.05) is 18.9 Å². The average Bonchev–Trinajstić information content (AvgIpc) is 3.31. The van der Waals surface area contributed by atoms with Gasteiger partial charge in [-0.25, -0.2) is 4.79 Å². The fourth-order valence-electron chi connectivity index (χ4n) is 3.08. The number of nitrogens with one attached hydrogen (secondary N) is 3. The van der Waals surface area contributed by atoms with Gasteiger partial charge in [-0.2, -0.15) is 0 Å². The second-order valence-electron chi connectivity index (χ2n) is 7.35. The highest BCUT2D eigenvalue weighted by molar-refractivity contribution is 6.04. The molecule has 3 N–H and O–H groups in total. The number of carbonyl (C=O) groups is 3. The van der Waals surface area contributed by atoms with Gasteiger partial charge >= 0.3 is 6.03 Å². The van der Waals surface area contributed by atoms with Gasteiger partial charge in [0, 0.05) is 17.3 Å². The maximum atomic E-state index is 12.4. The summed E-state index contributed by atoms with van der Waals surface area (Å²) in [5, 5.41) is 7.76. The van der Waals surface area contributed by atoms with Crippen molar-refractivity contribution < 1.29 is 18.8 Å². The van der Waals surface area contributed by atoms with Crippen LogP contribution in [0.1, 0.15) is 34.6 Å². The number of urea groups is 1. The number of rotatable bonds is 8. The summed E-state index contributed by atoms with van der Waals surface area (Å²) < 4.78 is 5.13. The molecule has 0 aliphatic heterocycles. The molecule has 1 aromatic heterocycles. The van der Waals surface area contributed by atoms with E-state index in [1.165, 1.54) is 6.26 Å². The van der Waals surface area contributed by atoms with Gasteiger partial charge in [0.2, 0.25) is 5.91 Å². The number of benzene rings is 2. The summed E-state index contributed by atoms with van der Waals surface area (Å²) in [6.07, 6.45) is 1.51. The van der Waals surface area contributed by atoms with Crippen LogP contribution in [0, 0.1) is 0 Å². The lowest BCUT2D eigenvalue weighted by molar-refractivity contribution is -0.121. The lowest BCUT2D eigenvalue weighted by Crippen LogP contribution is -2.43. The molecule has 8 heteroatoms. The second kappa shape index (κ2) is 10.9. The van der Waals surface area contributed by atoms with Crippen molar-refractivity contribution in [3.8, 4) is 0 Å². The molecule has 3 aromatic rings. The number of furan rings is 1. The first-order valence-corrected chi connectivity index (χ1v) is 10.2. The normalized spacial score (nSPS) is 11.6. The molecule has 3 rings (SSSR count). The Bertz CT molecular complexity index is 1050. The van der Waals surface area contributed by atoms with Gasteiger partial charge in [-0.3, -0.25) is 19.8 Å². The maximum Gasteiger partial charge on any atom is 0.321 e. The van der Waals surface area contributed by atoms with Crippen LogP contribution in [0.2, 0.25) is 0 Å². The van der Waals surface area contributed by atoms with E-state index in [-0.39, 0.29) is 25.0 Å². The number of hydrogen-bond acceptors (Lipinski definition) is 5. The quantitative estimate of drug-likeness (QED) is 0.503. The van der Waals surface area contributed by atoms with Crippen molar-refractivity contribution in [1.29, 1.82) is 0 Å². The molecule has 2 aromatic carbocycles. The van der Waals surface area contributed by atoms with E-state index in [1.54, 1.807) is 31.3 Å². The largest absolute Gasteiger partial charge is 0.467 e. The SMILES string of the molecule is CC(c1cccc(NC(=O)c2ccccc2)c1)N(C)CC(=O)NC(=O)NCc1ccco1. The Labute approximate surface area is 186 Å². The molecule has 32 heavy (non-hydrogen) atoms. The second-order valence-corrected chi connectivity index (χ2v) is 7.35. The number of anilines is 1. The lowest BCUT2D eigenvalue weighted by atomic mass is 10.1. The molecule has 1 atom stereocenters. The molecule has 4 amide bonds. The third-order valence-electron chi connectivity index (χ3n) is 4.97. The van der Waals surface area contributed by atoms with Crippen molar-refractivity contribution in [3.63, 3.8) is 0 Å². The van der Waals surface area contributed by atoms with Crippen molar-refractivity contribution in [1.82, 2.24) is 15.5 Å². The molecular weight excluding hydrogens is 408 g/mol. The molecule has 0 radical (unpaired) electrons. The molecule has 0 fully saturated rings. The topological polar surface area (TPSA) is 104 Å². The summed E-state index contributed by atoms with van der Waals surface area (Å²) in [5.74, 6) is -0.0221. The number of nitrogens with zero attached hydrogens (tertiary/aromatic N) is 1. The Balaban J connectivity index is 1.51. The summed E-state index contributed by atoms with van der Waals surface area (Å²) in [7, 11) is 1.79. The van der Waals surface area contributed by atoms with Gasteiger partial charge < -0.3 is 15.1 Å². The predicted octanol–water partition coefficient (Wildman–Crippen LogP) is 3.55. The van der Waals surface area contributed by atoms with E-state index in [4.69, 9.17) is 4.42 Å². The molecule has 0 spiro atoms. The fourth-order valence-corrected chi connectivity index (χ4v) is 3.08. The zero-order valence-corrected chi connectivity index (χ0v) is 18.0. The summed E-state index contributed by atoms with van der Waals surface area (Å²) in [4.78, 5) is 38.3. The molecule has 0 aliphatic carbocycles. The van der Waals surface area contributed by atoms with Crippen molar-refractivity contribution in [3.05, 3.63) is 89.9 Å². The van der Waals surface area contributed by atoms with Crippen LogP contribution in [0.5, 0.6) is 0 Å². The minimum absolute atomic E-state index is 0.0238. The average molecular weight is 434 g/mol. The van der Waals surface area contributed by atoms with E-state index in [2.05, 4.69) is 16.0 Å². The van der Waals surface area contributed by atoms with Crippen LogP contribution in [-0.2, 0) is 11.3 Å². The fraction of sp³-hybridized carbons (Fsp3) is 0.208. The van der Waals surface area contributed by atoms with Crippen molar-refractivity contribution in [2.45, 2.75) is 19.5 Å². The Morgan fingerprint density at radius 2 is 1.78 bits per heavy atom. The molecule has 0 saturated heterocycles. The van der Waals surface area contributed by atoms with E-state index in [9.17, 15) is 14.4 Å². The van der Waals surface area contributed by atoms with Gasteiger partial charge in [0.15, 0.2) is 0 Å². The molecule has 1 heterocycles. The number of carbonyl (C=O) groups excluding carboxylic acids is 3. The number of amides is 4. The third kappa shape index (κ3) is 6.55. The third-order valence-corrected chi connectivity index (χ3v) is 4.97. The Hall–Kier alpha value is -3.91. The first-order valence-electron chi connectivity index (χ1n) is 10.2. The van der Waals surface area contributed by atoms with E-state index in [1.807, 2.05) is 54.3 Å². The standard InChI is InChI=1S/C24H26N4O4/c1-17(28(2)16-22(29)27-24(31)25-15-21-12-7-13-32-21)19-10-6-11-20(14-19)26-23(30)18-8-4-3-5-9-18/h3-14,17H,15-16H2,1-2H3,(H,26,30)(H2,25,27,29,31). The number of hydrogen-bond donors (Lipinski definition) is 3. The van der Waals surface area contributed by atoms with Crippen LogP contribution in [0.25, 0.3) is 0 Å². The summed E-state index contributed by atoms with van der Waals surface area (Å²) in [5.41, 5.74) is 2.16. The zero-order valence-electron chi connectivity index (χ0n) is 18.0. The Morgan fingerprint density at radius 1 is 1.00 bits per heavy atom. The summed E-state index contributed by atoms with van der Waals surface area (Å²) in [6, 6.07) is 19.2. The Morgan fingerprint density at radius 3 is 2.50 bits per heavy atom.